The maximum atomic E-state index is 14.7. The van der Waals surface area contributed by atoms with Gasteiger partial charge in [0.1, 0.15) is 5.82 Å². The number of fused-ring (bicyclic) bond motifs is 3. The molecule has 0 fully saturated rings. The minimum atomic E-state index is -3.82. The molecule has 2 N–H and O–H groups in total. The van der Waals surface area contributed by atoms with Crippen LogP contribution in [0.2, 0.25) is 10.0 Å². The van der Waals surface area contributed by atoms with Gasteiger partial charge < -0.3 is 5.32 Å². The summed E-state index contributed by atoms with van der Waals surface area (Å²) in [7, 11) is -3.82. The van der Waals surface area contributed by atoms with Crippen LogP contribution < -0.4 is 10.0 Å². The molecule has 4 nitrogen and oxygen atoms in total. The minimum Gasteiger partial charge on any atom is -0.378 e. The van der Waals surface area contributed by atoms with E-state index in [0.29, 0.717) is 21.3 Å². The van der Waals surface area contributed by atoms with Gasteiger partial charge in [0.05, 0.1) is 16.6 Å². The molecule has 5 rings (SSSR count). The van der Waals surface area contributed by atoms with E-state index in [0.717, 1.165) is 23.2 Å². The van der Waals surface area contributed by atoms with Crippen molar-refractivity contribution in [3.63, 3.8) is 0 Å². The normalized spacial score (nSPS) is 21.3. The number of sulfonamides is 1. The minimum absolute atomic E-state index is 0.0244. The number of hydrogen-bond donors (Lipinski definition) is 2. The highest BCUT2D eigenvalue weighted by molar-refractivity contribution is 7.92. The number of nitrogens with one attached hydrogen (secondary N) is 2. The second-order valence-electron chi connectivity index (χ2n) is 8.42. The van der Waals surface area contributed by atoms with Gasteiger partial charge in [-0.3, -0.25) is 4.72 Å². The number of hydrogen-bond acceptors (Lipinski definition) is 3. The van der Waals surface area contributed by atoms with E-state index in [-0.39, 0.29) is 28.6 Å². The number of allylic oxidation sites excluding steroid dienone is 2. The van der Waals surface area contributed by atoms with Crippen LogP contribution in [0.4, 0.5) is 15.8 Å². The first-order valence-corrected chi connectivity index (χ1v) is 12.8. The zero-order chi connectivity index (χ0) is 23.3. The summed E-state index contributed by atoms with van der Waals surface area (Å²) in [5, 5.41) is 4.33. The van der Waals surface area contributed by atoms with Crippen molar-refractivity contribution in [1.82, 2.24) is 0 Å². The molecule has 3 aromatic carbocycles. The van der Waals surface area contributed by atoms with Crippen LogP contribution in [0.1, 0.15) is 35.1 Å². The van der Waals surface area contributed by atoms with Crippen LogP contribution >= 0.6 is 23.2 Å². The predicted octanol–water partition coefficient (Wildman–Crippen LogP) is 7.07. The largest absolute Gasteiger partial charge is 0.378 e. The fraction of sp³-hybridized carbons (Fsp3) is 0.200. The topological polar surface area (TPSA) is 58.2 Å². The van der Waals surface area contributed by atoms with Crippen molar-refractivity contribution in [2.75, 3.05) is 10.0 Å². The third kappa shape index (κ3) is 4.01. The highest BCUT2D eigenvalue weighted by Crippen LogP contribution is 2.51. The summed E-state index contributed by atoms with van der Waals surface area (Å²) in [5.41, 5.74) is 3.29. The lowest BCUT2D eigenvalue weighted by molar-refractivity contribution is 0.413. The maximum absolute atomic E-state index is 14.7. The van der Waals surface area contributed by atoms with Crippen molar-refractivity contribution >= 4 is 44.6 Å². The summed E-state index contributed by atoms with van der Waals surface area (Å²) >= 11 is 12.4. The van der Waals surface area contributed by atoms with Crippen LogP contribution in [0, 0.1) is 18.7 Å². The van der Waals surface area contributed by atoms with E-state index in [4.69, 9.17) is 23.2 Å². The quantitative estimate of drug-likeness (QED) is 0.375. The summed E-state index contributed by atoms with van der Waals surface area (Å²) < 4.78 is 43.7. The van der Waals surface area contributed by atoms with Gasteiger partial charge in [-0.2, -0.15) is 0 Å². The monoisotopic (exact) mass is 502 g/mol. The third-order valence-corrected chi connectivity index (χ3v) is 8.32. The molecule has 0 saturated carbocycles. The Labute approximate surface area is 202 Å². The summed E-state index contributed by atoms with van der Waals surface area (Å²) in [5.74, 6) is -0.374. The summed E-state index contributed by atoms with van der Waals surface area (Å²) in [4.78, 5) is 0.166. The van der Waals surface area contributed by atoms with Gasteiger partial charge >= 0.3 is 0 Å². The first-order chi connectivity index (χ1) is 15.7. The molecule has 33 heavy (non-hydrogen) atoms. The Morgan fingerprint density at radius 3 is 2.67 bits per heavy atom. The molecule has 0 saturated heterocycles. The van der Waals surface area contributed by atoms with E-state index in [1.54, 1.807) is 55.5 Å². The SMILES string of the molecule is Cc1cc(Cl)ccc1NS(=O)(=O)c1ccc2c(c1)[C@H]1C=CC[C@H]1[C@@H](c1c(F)cccc1Cl)N2. The average Bonchev–Trinajstić information content (AvgIpc) is 3.26. The number of anilines is 2. The number of halogens is 3. The van der Waals surface area contributed by atoms with E-state index in [1.165, 1.54) is 6.07 Å². The molecule has 2 aliphatic rings. The second kappa shape index (κ2) is 8.35. The molecule has 0 spiro atoms. The predicted molar refractivity (Wildman–Crippen MR) is 131 cm³/mol. The van der Waals surface area contributed by atoms with Gasteiger partial charge in [-0.05, 0) is 78.9 Å². The molecule has 3 aromatic rings. The van der Waals surface area contributed by atoms with Gasteiger partial charge in [0.2, 0.25) is 0 Å². The third-order valence-electron chi connectivity index (χ3n) is 6.39. The summed E-state index contributed by atoms with van der Waals surface area (Å²) in [6.07, 6.45) is 4.87. The van der Waals surface area contributed by atoms with Crippen molar-refractivity contribution < 1.29 is 12.8 Å². The molecule has 0 radical (unpaired) electrons. The summed E-state index contributed by atoms with van der Waals surface area (Å²) in [6, 6.07) is 14.4. The Bertz CT molecular complexity index is 1370. The average molecular weight is 503 g/mol. The number of benzene rings is 3. The molecule has 0 aromatic heterocycles. The van der Waals surface area contributed by atoms with Gasteiger partial charge in [0, 0.05) is 27.2 Å². The van der Waals surface area contributed by atoms with E-state index < -0.39 is 10.0 Å². The van der Waals surface area contributed by atoms with Crippen LogP contribution in [0.25, 0.3) is 0 Å². The standard InChI is InChI=1S/C25H21Cl2FN2O2S/c1-14-12-15(26)8-10-22(14)30-33(31,32)16-9-11-23-19(13-16)17-4-2-5-18(17)25(29-23)24-20(27)6-3-7-21(24)28/h2-4,6-13,17-18,25,29-30H,5H2,1H3/t17-,18+,25-/m0/s1. The van der Waals surface area contributed by atoms with Crippen LogP contribution in [0.5, 0.6) is 0 Å². The van der Waals surface area contributed by atoms with Crippen LogP contribution in [0.3, 0.4) is 0 Å². The van der Waals surface area contributed by atoms with Crippen molar-refractivity contribution in [2.24, 2.45) is 5.92 Å². The molecule has 0 unspecified atom stereocenters. The van der Waals surface area contributed by atoms with E-state index in [1.807, 2.05) is 0 Å². The van der Waals surface area contributed by atoms with Crippen LogP contribution in [-0.4, -0.2) is 8.42 Å². The van der Waals surface area contributed by atoms with Crippen LogP contribution in [0.15, 0.2) is 71.6 Å². The first kappa shape index (κ1) is 22.3. The highest BCUT2D eigenvalue weighted by Gasteiger charge is 2.40. The Kier molecular flexibility index (Phi) is 5.63. The Morgan fingerprint density at radius 2 is 1.91 bits per heavy atom. The van der Waals surface area contributed by atoms with E-state index in [2.05, 4.69) is 22.2 Å². The smallest absolute Gasteiger partial charge is 0.261 e. The number of rotatable bonds is 4. The second-order valence-corrected chi connectivity index (χ2v) is 11.0. The van der Waals surface area contributed by atoms with Gasteiger partial charge in [0.15, 0.2) is 0 Å². The molecule has 0 amide bonds. The lowest BCUT2D eigenvalue weighted by Crippen LogP contribution is -2.30. The molecular formula is C25H21Cl2FN2O2S. The Morgan fingerprint density at radius 1 is 1.09 bits per heavy atom. The molecule has 1 aliphatic heterocycles. The summed E-state index contributed by atoms with van der Waals surface area (Å²) in [6.45, 7) is 1.79. The van der Waals surface area contributed by atoms with Gasteiger partial charge in [-0.15, -0.1) is 0 Å². The molecule has 1 aliphatic carbocycles. The molecule has 1 heterocycles. The molecule has 3 atom stereocenters. The van der Waals surface area contributed by atoms with Crippen molar-refractivity contribution in [3.05, 3.63) is 99.3 Å². The van der Waals surface area contributed by atoms with E-state index >= 15 is 0 Å². The molecule has 0 bridgehead atoms. The zero-order valence-corrected chi connectivity index (χ0v) is 20.0. The zero-order valence-electron chi connectivity index (χ0n) is 17.6. The van der Waals surface area contributed by atoms with Crippen molar-refractivity contribution in [3.8, 4) is 0 Å². The molecular weight excluding hydrogens is 482 g/mol. The molecule has 8 heteroatoms. The van der Waals surface area contributed by atoms with Crippen LogP contribution in [-0.2, 0) is 10.0 Å². The van der Waals surface area contributed by atoms with Crippen molar-refractivity contribution in [1.29, 1.82) is 0 Å². The Balaban J connectivity index is 1.52. The van der Waals surface area contributed by atoms with Crippen molar-refractivity contribution in [2.45, 2.75) is 30.2 Å². The number of aryl methyl sites for hydroxylation is 1. The Hall–Kier alpha value is -2.54. The van der Waals surface area contributed by atoms with Gasteiger partial charge in [-0.1, -0.05) is 41.4 Å². The maximum Gasteiger partial charge on any atom is 0.261 e. The molecule has 170 valence electrons. The van der Waals surface area contributed by atoms with Gasteiger partial charge in [-0.25, -0.2) is 12.8 Å². The lowest BCUT2D eigenvalue weighted by atomic mass is 9.77. The fourth-order valence-corrected chi connectivity index (χ4v) is 6.45. The first-order valence-electron chi connectivity index (χ1n) is 10.5. The fourth-order valence-electron chi connectivity index (χ4n) is 4.78. The lowest BCUT2D eigenvalue weighted by Gasteiger charge is -2.38. The highest BCUT2D eigenvalue weighted by atomic mass is 35.5. The van der Waals surface area contributed by atoms with E-state index in [9.17, 15) is 12.8 Å². The van der Waals surface area contributed by atoms with Gasteiger partial charge in [0.25, 0.3) is 10.0 Å².